The summed E-state index contributed by atoms with van der Waals surface area (Å²) in [7, 11) is -0.280. The molecule has 1 unspecified atom stereocenters. The second kappa shape index (κ2) is 3.65. The lowest BCUT2D eigenvalue weighted by atomic mass is 9.85. The molecule has 0 amide bonds. The van der Waals surface area contributed by atoms with Crippen LogP contribution < -0.4 is 5.59 Å². The van der Waals surface area contributed by atoms with Gasteiger partial charge >= 0.3 is 7.12 Å². The molecule has 0 aliphatic carbocycles. The highest BCUT2D eigenvalue weighted by molar-refractivity contribution is 6.61. The van der Waals surface area contributed by atoms with Gasteiger partial charge in [0.2, 0.25) is 0 Å². The monoisotopic (exact) mass is 208 g/mol. The van der Waals surface area contributed by atoms with Gasteiger partial charge in [-0.25, -0.2) is 0 Å². The van der Waals surface area contributed by atoms with Gasteiger partial charge in [-0.2, -0.15) is 5.10 Å². The Morgan fingerprint density at radius 2 is 2.33 bits per heavy atom. The fourth-order valence-electron chi connectivity index (χ4n) is 1.69. The molecular formula is C10H17BN2O2. The van der Waals surface area contributed by atoms with E-state index in [0.717, 1.165) is 12.1 Å². The summed E-state index contributed by atoms with van der Waals surface area (Å²) in [5.41, 5.74) is 0.767. The average molecular weight is 208 g/mol. The highest BCUT2D eigenvalue weighted by Gasteiger charge is 2.45. The molecule has 0 saturated carbocycles. The molecule has 4 nitrogen and oxygen atoms in total. The van der Waals surface area contributed by atoms with Crippen molar-refractivity contribution in [2.24, 2.45) is 0 Å². The number of rotatable bonds is 2. The van der Waals surface area contributed by atoms with E-state index in [0.29, 0.717) is 0 Å². The van der Waals surface area contributed by atoms with Gasteiger partial charge in [-0.3, -0.25) is 4.68 Å². The molecule has 15 heavy (non-hydrogen) atoms. The number of aryl methyl sites for hydroxylation is 1. The largest absolute Gasteiger partial charge is 0.513 e. The Kier molecular flexibility index (Phi) is 2.60. The fourth-order valence-corrected chi connectivity index (χ4v) is 1.69. The van der Waals surface area contributed by atoms with E-state index in [-0.39, 0.29) is 18.8 Å². The van der Waals surface area contributed by atoms with Crippen LogP contribution in [0.15, 0.2) is 12.3 Å². The van der Waals surface area contributed by atoms with Crippen LogP contribution in [0.3, 0.4) is 0 Å². The predicted molar refractivity (Wildman–Crippen MR) is 59.0 cm³/mol. The number of nitrogens with zero attached hydrogens (tertiary/aromatic N) is 2. The van der Waals surface area contributed by atoms with Crippen LogP contribution in [-0.2, 0) is 15.9 Å². The molecule has 1 saturated heterocycles. The summed E-state index contributed by atoms with van der Waals surface area (Å²) >= 11 is 0. The smallest absolute Gasteiger partial charge is 0.401 e. The second-order valence-corrected chi connectivity index (χ2v) is 4.40. The zero-order chi connectivity index (χ0) is 11.1. The van der Waals surface area contributed by atoms with Crippen molar-refractivity contribution in [1.82, 2.24) is 9.78 Å². The van der Waals surface area contributed by atoms with Crippen LogP contribution in [0.4, 0.5) is 0 Å². The quantitative estimate of drug-likeness (QED) is 0.675. The van der Waals surface area contributed by atoms with Gasteiger partial charge in [0.05, 0.1) is 17.3 Å². The van der Waals surface area contributed by atoms with Gasteiger partial charge < -0.3 is 9.31 Å². The molecule has 2 heterocycles. The highest BCUT2D eigenvalue weighted by Crippen LogP contribution is 2.26. The van der Waals surface area contributed by atoms with E-state index in [4.69, 9.17) is 9.31 Å². The van der Waals surface area contributed by atoms with Gasteiger partial charge in [-0.1, -0.05) is 0 Å². The summed E-state index contributed by atoms with van der Waals surface area (Å²) in [5.74, 6) is 0. The van der Waals surface area contributed by atoms with Gasteiger partial charge in [0.1, 0.15) is 0 Å². The van der Waals surface area contributed by atoms with Gasteiger partial charge in [0.15, 0.2) is 0 Å². The van der Waals surface area contributed by atoms with Crippen LogP contribution in [0.1, 0.15) is 27.7 Å². The van der Waals surface area contributed by atoms with E-state index in [2.05, 4.69) is 12.0 Å². The third kappa shape index (κ3) is 1.81. The number of aromatic nitrogens is 2. The first kappa shape index (κ1) is 10.7. The summed E-state index contributed by atoms with van der Waals surface area (Å²) in [6.45, 7) is 9.02. The first-order chi connectivity index (χ1) is 7.04. The van der Waals surface area contributed by atoms with E-state index < -0.39 is 0 Å². The van der Waals surface area contributed by atoms with Gasteiger partial charge in [0.25, 0.3) is 0 Å². The second-order valence-electron chi connectivity index (χ2n) is 4.40. The third-order valence-corrected chi connectivity index (χ3v) is 3.01. The lowest BCUT2D eigenvalue weighted by Gasteiger charge is -2.21. The molecule has 1 fully saturated rings. The van der Waals surface area contributed by atoms with Crippen LogP contribution in [0, 0.1) is 0 Å². The molecule has 1 aromatic heterocycles. The van der Waals surface area contributed by atoms with Crippen LogP contribution in [0.5, 0.6) is 0 Å². The zero-order valence-corrected chi connectivity index (χ0v) is 9.73. The first-order valence-corrected chi connectivity index (χ1v) is 5.39. The Morgan fingerprint density at radius 3 is 2.87 bits per heavy atom. The van der Waals surface area contributed by atoms with Crippen LogP contribution in [0.2, 0.25) is 0 Å². The lowest BCUT2D eigenvalue weighted by Crippen LogP contribution is -2.39. The maximum Gasteiger partial charge on any atom is 0.513 e. The molecule has 82 valence electrons. The van der Waals surface area contributed by atoms with E-state index in [9.17, 15) is 0 Å². The van der Waals surface area contributed by atoms with Crippen LogP contribution >= 0.6 is 0 Å². The summed E-state index contributed by atoms with van der Waals surface area (Å²) in [5, 5.41) is 4.21. The Bertz CT molecular complexity index is 351. The maximum atomic E-state index is 5.86. The molecule has 0 N–H and O–H groups in total. The molecule has 0 spiro atoms. The van der Waals surface area contributed by atoms with E-state index in [1.54, 1.807) is 6.20 Å². The Hall–Kier alpha value is -0.805. The van der Waals surface area contributed by atoms with Crippen molar-refractivity contribution in [2.75, 3.05) is 0 Å². The fraction of sp³-hybridized carbons (Fsp3) is 0.700. The molecule has 1 aromatic rings. The third-order valence-electron chi connectivity index (χ3n) is 3.01. The van der Waals surface area contributed by atoms with Gasteiger partial charge in [-0.15, -0.1) is 0 Å². The Balaban J connectivity index is 2.21. The first-order valence-electron chi connectivity index (χ1n) is 5.39. The maximum absolute atomic E-state index is 5.86. The van der Waals surface area contributed by atoms with Gasteiger partial charge in [0, 0.05) is 12.7 Å². The van der Waals surface area contributed by atoms with Crippen LogP contribution in [-0.4, -0.2) is 28.6 Å². The van der Waals surface area contributed by atoms with Crippen molar-refractivity contribution in [3.05, 3.63) is 12.3 Å². The van der Waals surface area contributed by atoms with E-state index in [1.165, 1.54) is 0 Å². The van der Waals surface area contributed by atoms with Crippen LogP contribution in [0.25, 0.3) is 0 Å². The molecule has 1 aliphatic rings. The normalized spacial score (nSPS) is 24.8. The zero-order valence-electron chi connectivity index (χ0n) is 9.73. The summed E-state index contributed by atoms with van der Waals surface area (Å²) in [4.78, 5) is 0. The summed E-state index contributed by atoms with van der Waals surface area (Å²) < 4.78 is 13.5. The van der Waals surface area contributed by atoms with Crippen molar-refractivity contribution >= 4 is 12.7 Å². The molecule has 1 aliphatic heterocycles. The molecule has 2 rings (SSSR count). The molecule has 0 radical (unpaired) electrons. The van der Waals surface area contributed by atoms with Gasteiger partial charge in [-0.05, 0) is 33.8 Å². The van der Waals surface area contributed by atoms with E-state index in [1.807, 2.05) is 31.5 Å². The summed E-state index contributed by atoms with van der Waals surface area (Å²) in [6, 6.07) is 1.95. The average Bonchev–Trinajstić information content (AvgIpc) is 2.71. The van der Waals surface area contributed by atoms with E-state index >= 15 is 0 Å². The standard InChI is InChI=1S/C10H17BN2O2/c1-5-13-9(6-7-12-13)11-14-8(2)10(3,4)15-11/h6-8H,5H2,1-4H3. The van der Waals surface area contributed by atoms with Crippen molar-refractivity contribution in [1.29, 1.82) is 0 Å². The van der Waals surface area contributed by atoms with Crippen molar-refractivity contribution in [2.45, 2.75) is 45.9 Å². The molecular weight excluding hydrogens is 191 g/mol. The number of hydrogen-bond acceptors (Lipinski definition) is 3. The minimum absolute atomic E-state index is 0.0997. The molecule has 1 atom stereocenters. The molecule has 0 bridgehead atoms. The lowest BCUT2D eigenvalue weighted by molar-refractivity contribution is 0.0842. The predicted octanol–water partition coefficient (Wildman–Crippen LogP) is 0.812. The minimum Gasteiger partial charge on any atom is -0.401 e. The van der Waals surface area contributed by atoms with Crippen molar-refractivity contribution in [3.63, 3.8) is 0 Å². The van der Waals surface area contributed by atoms with Crippen molar-refractivity contribution in [3.8, 4) is 0 Å². The minimum atomic E-state index is -0.280. The summed E-state index contributed by atoms with van der Waals surface area (Å²) in [6.07, 6.45) is 1.88. The number of hydrogen-bond donors (Lipinski definition) is 0. The SMILES string of the molecule is CCn1nccc1B1OC(C)C(C)(C)O1. The topological polar surface area (TPSA) is 36.3 Å². The Labute approximate surface area is 90.7 Å². The highest BCUT2D eigenvalue weighted by atomic mass is 16.7. The molecule has 5 heteroatoms. The molecule has 0 aromatic carbocycles. The Morgan fingerprint density at radius 1 is 1.60 bits per heavy atom. The van der Waals surface area contributed by atoms with Crippen molar-refractivity contribution < 1.29 is 9.31 Å².